The van der Waals surface area contributed by atoms with E-state index in [4.69, 9.17) is 20.2 Å². The monoisotopic (exact) mass is 394 g/mol. The van der Waals surface area contributed by atoms with Crippen molar-refractivity contribution in [3.05, 3.63) is 11.6 Å². The van der Waals surface area contributed by atoms with Crippen molar-refractivity contribution in [1.29, 1.82) is 0 Å². The fourth-order valence-electron chi connectivity index (χ4n) is 1.80. The summed E-state index contributed by atoms with van der Waals surface area (Å²) in [6.07, 6.45) is -4.11. The molecule has 0 bridgehead atoms. The van der Waals surface area contributed by atoms with E-state index in [9.17, 15) is 16.8 Å². The molecule has 2 heterocycles. The lowest BCUT2D eigenvalue weighted by molar-refractivity contribution is 0.185. The number of likely N-dealkylation sites (N-methyl/N-ethyl adjacent to an activating group) is 1. The lowest BCUT2D eigenvalue weighted by Gasteiger charge is -2.32. The molecular weight excluding hydrogens is 362 g/mol. The van der Waals surface area contributed by atoms with Gasteiger partial charge < -0.3 is 10.1 Å². The van der Waals surface area contributed by atoms with Gasteiger partial charge in [0.15, 0.2) is 0 Å². The van der Waals surface area contributed by atoms with E-state index in [1.165, 1.54) is 6.92 Å². The lowest BCUT2D eigenvalue weighted by Crippen LogP contribution is -2.43. The van der Waals surface area contributed by atoms with Crippen LogP contribution in [0, 0.1) is 0 Å². The average Bonchev–Trinajstić information content (AvgIpc) is 3.01. The number of nitrogens with one attached hydrogen (secondary N) is 1. The zero-order chi connectivity index (χ0) is 26.9. The first-order valence-electron chi connectivity index (χ1n) is 11.5. The molecule has 8 nitrogen and oxygen atoms in total. The van der Waals surface area contributed by atoms with Gasteiger partial charge in [0.1, 0.15) is 8.42 Å². The van der Waals surface area contributed by atoms with Gasteiger partial charge in [0.25, 0.3) is 10.0 Å². The van der Waals surface area contributed by atoms with Gasteiger partial charge in [0.05, 0.1) is 6.85 Å². The Balaban J connectivity index is 2.86. The summed E-state index contributed by atoms with van der Waals surface area (Å²) >= 11 is 0.0742. The van der Waals surface area contributed by atoms with E-state index in [1.54, 1.807) is 0 Å². The number of nitrogens with zero attached hydrogens (tertiary/aromatic N) is 1. The Morgan fingerprint density at radius 2 is 2.43 bits per heavy atom. The minimum absolute atomic E-state index is 0.0308. The molecule has 0 unspecified atom stereocenters. The Bertz CT molecular complexity index is 1160. The smallest absolute Gasteiger partial charge is 0.252 e. The van der Waals surface area contributed by atoms with E-state index < -0.39 is 77.3 Å². The fraction of sp³-hybridized carbons (Fsp3) is 0.667. The summed E-state index contributed by atoms with van der Waals surface area (Å²) in [5.74, 6) is 0. The number of fused-ring (bicyclic) bond motifs is 1. The molecule has 132 valence electrons. The normalized spacial score (nSPS) is 33.0. The standard InChI is InChI=1S/C12H21N3O5S3/c1-3-14-10-8-15(5-4-6-20-2)23(18,19)12-9(10)7-11(21-12)22(13,16)17/h7,10,14H,3-6,8H2,1-2H3,(H2,13,16,17)/t10-/m0/s1/i2D3,4D2,5D2,6D2,8D2. The minimum atomic E-state index is -5.39. The van der Waals surface area contributed by atoms with Crippen molar-refractivity contribution in [3.8, 4) is 0 Å². The number of rotatable bonds is 7. The fourth-order valence-corrected chi connectivity index (χ4v) is 5.59. The zero-order valence-corrected chi connectivity index (χ0v) is 14.1. The molecule has 23 heavy (non-hydrogen) atoms. The average molecular weight is 395 g/mol. The van der Waals surface area contributed by atoms with E-state index in [1.807, 2.05) is 0 Å². The Kier molecular flexibility index (Phi) is 2.70. The molecular formula is C12H21N3O5S3. The third-order valence-electron chi connectivity index (χ3n) is 2.68. The molecule has 2 rings (SSSR count). The maximum absolute atomic E-state index is 13.4. The Morgan fingerprint density at radius 3 is 3.04 bits per heavy atom. The highest BCUT2D eigenvalue weighted by atomic mass is 32.3. The molecule has 0 fully saturated rings. The van der Waals surface area contributed by atoms with Gasteiger partial charge in [-0.15, -0.1) is 11.3 Å². The lowest BCUT2D eigenvalue weighted by atomic mass is 10.1. The molecule has 1 aliphatic heterocycles. The summed E-state index contributed by atoms with van der Waals surface area (Å²) in [6, 6.07) is -0.945. The highest BCUT2D eigenvalue weighted by molar-refractivity contribution is 7.94. The first-order chi connectivity index (χ1) is 14.9. The number of hydrogen-bond donors (Lipinski definition) is 2. The van der Waals surface area contributed by atoms with Crippen LogP contribution in [0.4, 0.5) is 0 Å². The van der Waals surface area contributed by atoms with Crippen LogP contribution in [-0.4, -0.2) is 54.3 Å². The summed E-state index contributed by atoms with van der Waals surface area (Å²) in [5, 5.41) is 7.61. The number of nitrogens with two attached hydrogens (primary N) is 1. The maximum Gasteiger partial charge on any atom is 0.252 e. The minimum Gasteiger partial charge on any atom is -0.385 e. The van der Waals surface area contributed by atoms with E-state index in [-0.39, 0.29) is 17.9 Å². The number of hydrogen-bond acceptors (Lipinski definition) is 7. The first-order valence-corrected chi connectivity index (χ1v) is 9.81. The molecule has 0 radical (unpaired) electrons. The Hall–Kier alpha value is -0.560. The van der Waals surface area contributed by atoms with E-state index in [2.05, 4.69) is 10.1 Å². The zero-order valence-electron chi connectivity index (χ0n) is 22.7. The summed E-state index contributed by atoms with van der Waals surface area (Å²) in [4.78, 5) is 0. The van der Waals surface area contributed by atoms with Crippen molar-refractivity contribution in [2.75, 3.05) is 33.1 Å². The van der Waals surface area contributed by atoms with Crippen LogP contribution in [-0.2, 0) is 24.8 Å². The van der Waals surface area contributed by atoms with Gasteiger partial charge >= 0.3 is 0 Å². The molecule has 1 atom stereocenters. The van der Waals surface area contributed by atoms with Crippen LogP contribution < -0.4 is 10.5 Å². The summed E-state index contributed by atoms with van der Waals surface area (Å²) in [5.41, 5.74) is -0.407. The van der Waals surface area contributed by atoms with Crippen LogP contribution in [0.15, 0.2) is 14.5 Å². The number of methoxy groups -OCH3 is 1. The van der Waals surface area contributed by atoms with Crippen LogP contribution in [0.1, 0.15) is 40.0 Å². The van der Waals surface area contributed by atoms with Gasteiger partial charge in [-0.25, -0.2) is 22.0 Å². The van der Waals surface area contributed by atoms with Crippen molar-refractivity contribution >= 4 is 31.4 Å². The van der Waals surface area contributed by atoms with Crippen LogP contribution in [0.3, 0.4) is 0 Å². The number of primary sulfonamides is 1. The predicted molar refractivity (Wildman–Crippen MR) is 87.4 cm³/mol. The molecule has 0 aliphatic carbocycles. The maximum atomic E-state index is 13.4. The first kappa shape index (κ1) is 8.70. The largest absolute Gasteiger partial charge is 0.385 e. The highest BCUT2D eigenvalue weighted by Crippen LogP contribution is 2.39. The molecule has 0 aromatic carbocycles. The van der Waals surface area contributed by atoms with Gasteiger partial charge in [0, 0.05) is 46.4 Å². The molecule has 0 spiro atoms. The van der Waals surface area contributed by atoms with Crippen molar-refractivity contribution in [3.63, 3.8) is 0 Å². The summed E-state index contributed by atoms with van der Waals surface area (Å²) in [6.45, 7) is -10.0. The molecule has 3 N–H and O–H groups in total. The number of sulfonamides is 2. The summed E-state index contributed by atoms with van der Waals surface area (Å²) < 4.78 is 138. The predicted octanol–water partition coefficient (Wildman–Crippen LogP) is 0.0869. The van der Waals surface area contributed by atoms with Crippen molar-refractivity contribution in [2.24, 2.45) is 5.14 Å². The van der Waals surface area contributed by atoms with Crippen molar-refractivity contribution < 1.29 is 36.7 Å². The van der Waals surface area contributed by atoms with E-state index in [0.29, 0.717) is 0 Å². The van der Waals surface area contributed by atoms with Crippen LogP contribution in [0.25, 0.3) is 0 Å². The van der Waals surface area contributed by atoms with Gasteiger partial charge in [-0.3, -0.25) is 0 Å². The number of thiophene rings is 1. The van der Waals surface area contributed by atoms with E-state index >= 15 is 0 Å². The molecule has 1 aliphatic rings. The second-order valence-electron chi connectivity index (χ2n) is 4.18. The second-order valence-corrected chi connectivity index (χ2v) is 9.01. The van der Waals surface area contributed by atoms with Gasteiger partial charge in [-0.05, 0) is 19.0 Å². The molecule has 0 saturated carbocycles. The third kappa shape index (κ3) is 3.92. The van der Waals surface area contributed by atoms with E-state index in [0.717, 1.165) is 6.07 Å². The molecule has 1 aromatic heterocycles. The second kappa shape index (κ2) is 7.13. The highest BCUT2D eigenvalue weighted by Gasteiger charge is 2.39. The Labute approximate surface area is 156 Å². The molecule has 1 aromatic rings. The number of ether oxygens (including phenoxy) is 1. The van der Waals surface area contributed by atoms with Gasteiger partial charge in [-0.1, -0.05) is 6.92 Å². The van der Waals surface area contributed by atoms with Gasteiger partial charge in [-0.2, -0.15) is 4.31 Å². The van der Waals surface area contributed by atoms with Crippen LogP contribution >= 0.6 is 11.3 Å². The Morgan fingerprint density at radius 1 is 1.70 bits per heavy atom. The molecule has 0 amide bonds. The van der Waals surface area contributed by atoms with Crippen LogP contribution in [0.5, 0.6) is 0 Å². The quantitative estimate of drug-likeness (QED) is 0.676. The third-order valence-corrected chi connectivity index (χ3v) is 7.31. The van der Waals surface area contributed by atoms with Crippen molar-refractivity contribution in [2.45, 2.75) is 27.8 Å². The van der Waals surface area contributed by atoms with Gasteiger partial charge in [0.2, 0.25) is 10.0 Å². The molecule has 11 heteroatoms. The topological polar surface area (TPSA) is 119 Å². The summed E-state index contributed by atoms with van der Waals surface area (Å²) in [7, 11) is -13.4. The van der Waals surface area contributed by atoms with Crippen LogP contribution in [0.2, 0.25) is 0 Å². The molecule has 0 saturated heterocycles. The SMILES string of the molecule is [2H]C([2H])([2H])OC([2H])([2H])C([2H])([2H])C([2H])([2H])N1C([2H])([2H])[C@H](NCC)c2cc(S(N)(=O)=O)sc2S1(=O)=O. The van der Waals surface area contributed by atoms with Crippen molar-refractivity contribution in [1.82, 2.24) is 9.62 Å².